The standard InChI is InChI=1S/C13H17NO3/c1-8(14)13(9(2)15)10-5-6-11(16-3)12(7-10)17-4/h5-7H,14H2,1-4H3. The number of methoxy groups -OCH3 is 2. The molecule has 0 saturated heterocycles. The lowest BCUT2D eigenvalue weighted by Gasteiger charge is -2.11. The monoisotopic (exact) mass is 235 g/mol. The van der Waals surface area contributed by atoms with Crippen molar-refractivity contribution in [2.75, 3.05) is 14.2 Å². The first kappa shape index (κ1) is 13.1. The molecule has 0 atom stereocenters. The molecule has 0 fully saturated rings. The molecule has 2 N–H and O–H groups in total. The van der Waals surface area contributed by atoms with Crippen molar-refractivity contribution >= 4 is 11.4 Å². The van der Waals surface area contributed by atoms with Crippen molar-refractivity contribution in [1.29, 1.82) is 0 Å². The summed E-state index contributed by atoms with van der Waals surface area (Å²) in [4.78, 5) is 11.5. The van der Waals surface area contributed by atoms with E-state index in [0.717, 1.165) is 5.56 Å². The lowest BCUT2D eigenvalue weighted by Crippen LogP contribution is -2.05. The van der Waals surface area contributed by atoms with Gasteiger partial charge in [0.25, 0.3) is 0 Å². The smallest absolute Gasteiger partial charge is 0.162 e. The molecular formula is C13H17NO3. The molecule has 0 amide bonds. The number of hydrogen-bond donors (Lipinski definition) is 1. The molecule has 4 nitrogen and oxygen atoms in total. The highest BCUT2D eigenvalue weighted by atomic mass is 16.5. The average Bonchev–Trinajstić information content (AvgIpc) is 2.27. The molecule has 17 heavy (non-hydrogen) atoms. The van der Waals surface area contributed by atoms with E-state index in [1.165, 1.54) is 6.92 Å². The molecule has 0 saturated carbocycles. The molecule has 1 aromatic carbocycles. The van der Waals surface area contributed by atoms with Crippen molar-refractivity contribution in [3.05, 3.63) is 29.5 Å². The Kier molecular flexibility index (Phi) is 4.15. The van der Waals surface area contributed by atoms with Gasteiger partial charge in [-0.2, -0.15) is 0 Å². The number of carbonyl (C=O) groups excluding carboxylic acids is 1. The number of nitrogens with two attached hydrogens (primary N) is 1. The maximum atomic E-state index is 11.5. The molecule has 0 spiro atoms. The molecule has 92 valence electrons. The highest BCUT2D eigenvalue weighted by Gasteiger charge is 2.13. The van der Waals surface area contributed by atoms with Gasteiger partial charge in [-0.1, -0.05) is 6.07 Å². The minimum Gasteiger partial charge on any atom is -0.493 e. The van der Waals surface area contributed by atoms with Gasteiger partial charge in [-0.3, -0.25) is 4.79 Å². The lowest BCUT2D eigenvalue weighted by atomic mass is 10.0. The van der Waals surface area contributed by atoms with Crippen molar-refractivity contribution in [2.24, 2.45) is 5.73 Å². The molecule has 4 heteroatoms. The Labute approximate surface area is 101 Å². The van der Waals surface area contributed by atoms with Gasteiger partial charge >= 0.3 is 0 Å². The van der Waals surface area contributed by atoms with Crippen LogP contribution in [0, 0.1) is 0 Å². The molecule has 0 aliphatic rings. The van der Waals surface area contributed by atoms with Crippen LogP contribution in [0.15, 0.2) is 23.9 Å². The van der Waals surface area contributed by atoms with Crippen molar-refractivity contribution in [1.82, 2.24) is 0 Å². The first-order valence-electron chi connectivity index (χ1n) is 5.21. The predicted molar refractivity (Wildman–Crippen MR) is 67.0 cm³/mol. The van der Waals surface area contributed by atoms with Crippen molar-refractivity contribution in [3.8, 4) is 11.5 Å². The summed E-state index contributed by atoms with van der Waals surface area (Å²) in [5.41, 5.74) is 7.45. The minimum absolute atomic E-state index is 0.0720. The molecular weight excluding hydrogens is 218 g/mol. The van der Waals surface area contributed by atoms with E-state index in [1.54, 1.807) is 39.3 Å². The van der Waals surface area contributed by atoms with Crippen LogP contribution < -0.4 is 15.2 Å². The number of benzene rings is 1. The highest BCUT2D eigenvalue weighted by molar-refractivity contribution is 6.20. The summed E-state index contributed by atoms with van der Waals surface area (Å²) in [6.45, 7) is 3.19. The van der Waals surface area contributed by atoms with E-state index in [0.29, 0.717) is 22.8 Å². The average molecular weight is 235 g/mol. The number of hydrogen-bond acceptors (Lipinski definition) is 4. The van der Waals surface area contributed by atoms with Crippen LogP contribution >= 0.6 is 0 Å². The van der Waals surface area contributed by atoms with Crippen LogP contribution in [-0.4, -0.2) is 20.0 Å². The van der Waals surface area contributed by atoms with E-state index in [2.05, 4.69) is 0 Å². The Morgan fingerprint density at radius 2 is 1.71 bits per heavy atom. The summed E-state index contributed by atoms with van der Waals surface area (Å²) in [6.07, 6.45) is 0. The molecule has 0 radical (unpaired) electrons. The molecule has 0 bridgehead atoms. The lowest BCUT2D eigenvalue weighted by molar-refractivity contribution is -0.111. The fraction of sp³-hybridized carbons (Fsp3) is 0.308. The van der Waals surface area contributed by atoms with Gasteiger partial charge in [0, 0.05) is 11.3 Å². The Bertz CT molecular complexity index is 460. The summed E-state index contributed by atoms with van der Waals surface area (Å²) >= 11 is 0. The third kappa shape index (κ3) is 2.78. The zero-order chi connectivity index (χ0) is 13.0. The fourth-order valence-electron chi connectivity index (χ4n) is 1.70. The summed E-state index contributed by atoms with van der Waals surface area (Å²) in [7, 11) is 3.11. The molecule has 0 aliphatic heterocycles. The van der Waals surface area contributed by atoms with E-state index in [1.807, 2.05) is 0 Å². The van der Waals surface area contributed by atoms with Crippen LogP contribution in [0.2, 0.25) is 0 Å². The molecule has 0 unspecified atom stereocenters. The maximum Gasteiger partial charge on any atom is 0.162 e. The topological polar surface area (TPSA) is 61.5 Å². The number of carbonyl (C=O) groups is 1. The Morgan fingerprint density at radius 3 is 2.12 bits per heavy atom. The van der Waals surface area contributed by atoms with Crippen LogP contribution in [0.1, 0.15) is 19.4 Å². The zero-order valence-corrected chi connectivity index (χ0v) is 10.5. The van der Waals surface area contributed by atoms with Crippen LogP contribution in [0.3, 0.4) is 0 Å². The van der Waals surface area contributed by atoms with Crippen molar-refractivity contribution < 1.29 is 14.3 Å². The van der Waals surface area contributed by atoms with Gasteiger partial charge in [0.1, 0.15) is 0 Å². The Morgan fingerprint density at radius 1 is 1.12 bits per heavy atom. The summed E-state index contributed by atoms with van der Waals surface area (Å²) in [5, 5.41) is 0. The van der Waals surface area contributed by atoms with Crippen LogP contribution in [0.5, 0.6) is 11.5 Å². The van der Waals surface area contributed by atoms with Gasteiger partial charge in [-0.25, -0.2) is 0 Å². The van der Waals surface area contributed by atoms with Gasteiger partial charge in [0.05, 0.1) is 14.2 Å². The maximum absolute atomic E-state index is 11.5. The van der Waals surface area contributed by atoms with Crippen molar-refractivity contribution in [2.45, 2.75) is 13.8 Å². The number of ketones is 1. The number of Topliss-reactive ketones (excluding diaryl/α,β-unsaturated/α-hetero) is 1. The molecule has 0 heterocycles. The fourth-order valence-corrected chi connectivity index (χ4v) is 1.70. The third-order valence-corrected chi connectivity index (χ3v) is 2.42. The second-order valence-electron chi connectivity index (χ2n) is 3.68. The molecule has 0 aromatic heterocycles. The third-order valence-electron chi connectivity index (χ3n) is 2.42. The van der Waals surface area contributed by atoms with Crippen LogP contribution in [-0.2, 0) is 4.79 Å². The Hall–Kier alpha value is -1.97. The van der Waals surface area contributed by atoms with Crippen molar-refractivity contribution in [3.63, 3.8) is 0 Å². The number of rotatable bonds is 4. The van der Waals surface area contributed by atoms with Gasteiger partial charge in [-0.15, -0.1) is 0 Å². The van der Waals surface area contributed by atoms with E-state index < -0.39 is 0 Å². The molecule has 0 aliphatic carbocycles. The van der Waals surface area contributed by atoms with Gasteiger partial charge in [0.15, 0.2) is 17.3 Å². The Balaban J connectivity index is 3.33. The van der Waals surface area contributed by atoms with Crippen LogP contribution in [0.4, 0.5) is 0 Å². The molecule has 1 aromatic rings. The van der Waals surface area contributed by atoms with E-state index in [4.69, 9.17) is 15.2 Å². The summed E-state index contributed by atoms with van der Waals surface area (Å²) in [6, 6.07) is 5.28. The SMILES string of the molecule is COc1ccc(C(C(C)=O)=C(C)N)cc1OC. The molecule has 1 rings (SSSR count). The van der Waals surface area contributed by atoms with E-state index in [9.17, 15) is 4.79 Å². The minimum atomic E-state index is -0.0720. The van der Waals surface area contributed by atoms with Gasteiger partial charge in [0.2, 0.25) is 0 Å². The second kappa shape index (κ2) is 5.39. The van der Waals surface area contributed by atoms with Crippen LogP contribution in [0.25, 0.3) is 5.57 Å². The summed E-state index contributed by atoms with van der Waals surface area (Å²) in [5.74, 6) is 1.12. The van der Waals surface area contributed by atoms with E-state index >= 15 is 0 Å². The second-order valence-corrected chi connectivity index (χ2v) is 3.68. The van der Waals surface area contributed by atoms with E-state index in [-0.39, 0.29) is 5.78 Å². The zero-order valence-electron chi connectivity index (χ0n) is 10.5. The normalized spacial score (nSPS) is 11.8. The number of allylic oxidation sites excluding steroid dienone is 2. The predicted octanol–water partition coefficient (Wildman–Crippen LogP) is 1.98. The largest absolute Gasteiger partial charge is 0.493 e. The summed E-state index contributed by atoms with van der Waals surface area (Å²) < 4.78 is 10.3. The number of ether oxygens (including phenoxy) is 2. The first-order chi connectivity index (χ1) is 8.01. The van der Waals surface area contributed by atoms with Gasteiger partial charge < -0.3 is 15.2 Å². The quantitative estimate of drug-likeness (QED) is 0.811. The first-order valence-corrected chi connectivity index (χ1v) is 5.21. The van der Waals surface area contributed by atoms with Gasteiger partial charge in [-0.05, 0) is 31.5 Å². The highest BCUT2D eigenvalue weighted by Crippen LogP contribution is 2.31.